The maximum Gasteiger partial charge on any atom is 0.416 e. The van der Waals surface area contributed by atoms with Crippen LogP contribution in [0.25, 0.3) is 0 Å². The number of pyridine rings is 1. The quantitative estimate of drug-likeness (QED) is 0.243. The lowest BCUT2D eigenvalue weighted by Gasteiger charge is -2.36. The van der Waals surface area contributed by atoms with Crippen molar-refractivity contribution in [3.05, 3.63) is 83.7 Å². The number of aliphatic hydroxyl groups is 1. The first-order valence-corrected chi connectivity index (χ1v) is 16.5. The minimum Gasteiger partial charge on any atom is -0.490 e. The van der Waals surface area contributed by atoms with Gasteiger partial charge in [-0.05, 0) is 100 Å². The number of urea groups is 1. The van der Waals surface area contributed by atoms with Crippen molar-refractivity contribution in [3.63, 3.8) is 0 Å². The number of rotatable bonds is 8. The van der Waals surface area contributed by atoms with Gasteiger partial charge >= 0.3 is 12.2 Å². The van der Waals surface area contributed by atoms with Gasteiger partial charge in [0.25, 0.3) is 5.91 Å². The van der Waals surface area contributed by atoms with Gasteiger partial charge < -0.3 is 30.1 Å². The Bertz CT molecular complexity index is 1510. The number of anilines is 2. The molecule has 0 saturated carbocycles. The van der Waals surface area contributed by atoms with Gasteiger partial charge in [-0.15, -0.1) is 0 Å². The van der Waals surface area contributed by atoms with Crippen molar-refractivity contribution in [1.82, 2.24) is 14.8 Å². The number of alkyl halides is 3. The average Bonchev–Trinajstić information content (AvgIpc) is 3.06. The second-order valence-electron chi connectivity index (χ2n) is 12.7. The summed E-state index contributed by atoms with van der Waals surface area (Å²) in [5.74, 6) is -0.154. The number of carbonyl (C=O) groups excluding carboxylic acids is 2. The highest BCUT2D eigenvalue weighted by Crippen LogP contribution is 2.31. The maximum atomic E-state index is 14.3. The first-order chi connectivity index (χ1) is 23.3. The summed E-state index contributed by atoms with van der Waals surface area (Å²) in [7, 11) is 2.03. The molecule has 4 rings (SSSR count). The molecule has 0 bridgehead atoms. The third-order valence-corrected chi connectivity index (χ3v) is 8.47. The molecule has 0 fully saturated rings. The second-order valence-corrected chi connectivity index (χ2v) is 12.7. The predicted molar refractivity (Wildman–Crippen MR) is 182 cm³/mol. The molecule has 10 nitrogen and oxygen atoms in total. The Morgan fingerprint density at radius 3 is 2.41 bits per heavy atom. The van der Waals surface area contributed by atoms with E-state index in [2.05, 4.69) is 20.5 Å². The summed E-state index contributed by atoms with van der Waals surface area (Å²) in [5.41, 5.74) is 0.939. The molecule has 49 heavy (non-hydrogen) atoms. The van der Waals surface area contributed by atoms with Crippen LogP contribution >= 0.6 is 0 Å². The molecular formula is C36H46F3N5O5. The van der Waals surface area contributed by atoms with Gasteiger partial charge in [0.15, 0.2) is 0 Å². The fraction of sp³-hybridized carbons (Fsp3) is 0.472. The van der Waals surface area contributed by atoms with E-state index < -0.39 is 23.8 Å². The molecule has 266 valence electrons. The maximum absolute atomic E-state index is 14.3. The van der Waals surface area contributed by atoms with Crippen molar-refractivity contribution in [2.24, 2.45) is 5.92 Å². The Morgan fingerprint density at radius 1 is 1.06 bits per heavy atom. The third kappa shape index (κ3) is 11.2. The molecule has 0 unspecified atom stereocenters. The number of nitrogens with one attached hydrogen (secondary N) is 2. The van der Waals surface area contributed by atoms with Crippen molar-refractivity contribution in [2.75, 3.05) is 44.0 Å². The van der Waals surface area contributed by atoms with Crippen LogP contribution in [0.1, 0.15) is 61.5 Å². The average molecular weight is 686 g/mol. The zero-order valence-corrected chi connectivity index (χ0v) is 28.4. The van der Waals surface area contributed by atoms with Gasteiger partial charge in [-0.2, -0.15) is 13.2 Å². The van der Waals surface area contributed by atoms with E-state index in [-0.39, 0.29) is 54.1 Å². The summed E-state index contributed by atoms with van der Waals surface area (Å²) < 4.78 is 51.5. The van der Waals surface area contributed by atoms with Gasteiger partial charge in [-0.1, -0.05) is 6.92 Å². The summed E-state index contributed by atoms with van der Waals surface area (Å²) in [6.45, 7) is 7.63. The lowest BCUT2D eigenvalue weighted by molar-refractivity contribution is -0.137. The van der Waals surface area contributed by atoms with Crippen LogP contribution in [0, 0.1) is 5.92 Å². The molecule has 13 heteroatoms. The van der Waals surface area contributed by atoms with Crippen LogP contribution in [0.3, 0.4) is 0 Å². The second kappa shape index (κ2) is 17.5. The van der Waals surface area contributed by atoms with Crippen molar-refractivity contribution < 1.29 is 37.3 Å². The van der Waals surface area contributed by atoms with Crippen LogP contribution in [0.4, 0.5) is 29.3 Å². The molecule has 3 N–H and O–H groups in total. The molecule has 3 amide bonds. The number of halogens is 3. The predicted octanol–water partition coefficient (Wildman–Crippen LogP) is 6.67. The highest BCUT2D eigenvalue weighted by Gasteiger charge is 2.31. The topological polar surface area (TPSA) is 116 Å². The first kappa shape index (κ1) is 37.6. The largest absolute Gasteiger partial charge is 0.490 e. The molecule has 1 aliphatic rings. The van der Waals surface area contributed by atoms with E-state index in [0.717, 1.165) is 49.1 Å². The van der Waals surface area contributed by atoms with Crippen molar-refractivity contribution in [2.45, 2.75) is 71.0 Å². The normalized spacial score (nSPS) is 20.1. The lowest BCUT2D eigenvalue weighted by atomic mass is 10.0. The number of hydrogen-bond acceptors (Lipinski definition) is 7. The number of nitrogens with zero attached hydrogens (tertiary/aromatic N) is 3. The van der Waals surface area contributed by atoms with Crippen LogP contribution < -0.4 is 15.4 Å². The number of benzene rings is 2. The number of amides is 3. The Kier molecular flexibility index (Phi) is 13.4. The number of likely N-dealkylation sites (N-methyl/N-ethyl adjacent to an activating group) is 1. The van der Waals surface area contributed by atoms with E-state index in [9.17, 15) is 27.9 Å². The van der Waals surface area contributed by atoms with Crippen molar-refractivity contribution in [3.8, 4) is 5.75 Å². The molecule has 0 radical (unpaired) electrons. The summed E-state index contributed by atoms with van der Waals surface area (Å²) in [6, 6.07) is 11.5. The van der Waals surface area contributed by atoms with E-state index in [1.165, 1.54) is 6.07 Å². The van der Waals surface area contributed by atoms with Crippen LogP contribution in [-0.2, 0) is 17.5 Å². The minimum absolute atomic E-state index is 0.111. The fourth-order valence-electron chi connectivity index (χ4n) is 5.67. The zero-order valence-electron chi connectivity index (χ0n) is 28.4. The van der Waals surface area contributed by atoms with E-state index in [0.29, 0.717) is 25.4 Å². The minimum atomic E-state index is -4.49. The van der Waals surface area contributed by atoms with E-state index in [4.69, 9.17) is 9.47 Å². The molecule has 2 heterocycles. The Hall–Kier alpha value is -4.20. The smallest absolute Gasteiger partial charge is 0.416 e. The standard InChI is InChI=1S/C36H46F3N5O5/c1-24-20-44(25(2)23-45)34(46)31-19-30(42-35(47)41-29-10-8-28(9-11-29)36(37,38)39)12-13-32(31)49-26(3)7-5-6-18-48-33(24)22-43(4)21-27-14-16-40-17-15-27/h8-17,19,24-26,33,45H,5-7,18,20-23H2,1-4H3,(H2,41,42,47)/t24-,25-,26+,33-/m1/s1. The van der Waals surface area contributed by atoms with Crippen LogP contribution in [0.5, 0.6) is 5.75 Å². The monoisotopic (exact) mass is 685 g/mol. The van der Waals surface area contributed by atoms with Gasteiger partial charge in [0.1, 0.15) is 5.75 Å². The number of ether oxygens (including phenoxy) is 2. The van der Waals surface area contributed by atoms with Crippen LogP contribution in [0.2, 0.25) is 0 Å². The van der Waals surface area contributed by atoms with Crippen molar-refractivity contribution >= 4 is 23.3 Å². The third-order valence-electron chi connectivity index (χ3n) is 8.47. The van der Waals surface area contributed by atoms with E-state index >= 15 is 0 Å². The molecule has 1 aliphatic heterocycles. The van der Waals surface area contributed by atoms with Crippen molar-refractivity contribution in [1.29, 1.82) is 0 Å². The molecule has 1 aromatic heterocycles. The summed E-state index contributed by atoms with van der Waals surface area (Å²) in [4.78, 5) is 35.0. The molecule has 0 spiro atoms. The molecule has 0 aliphatic carbocycles. The Balaban J connectivity index is 1.57. The van der Waals surface area contributed by atoms with E-state index in [1.54, 1.807) is 36.4 Å². The molecular weight excluding hydrogens is 639 g/mol. The van der Waals surface area contributed by atoms with Gasteiger partial charge in [0.2, 0.25) is 0 Å². The van der Waals surface area contributed by atoms with Crippen LogP contribution in [0.15, 0.2) is 67.0 Å². The van der Waals surface area contributed by atoms with Gasteiger partial charge in [0.05, 0.1) is 36.0 Å². The summed E-state index contributed by atoms with van der Waals surface area (Å²) in [5, 5.41) is 15.4. The first-order valence-electron chi connectivity index (χ1n) is 16.5. The molecule has 3 aromatic rings. The lowest BCUT2D eigenvalue weighted by Crippen LogP contribution is -2.47. The number of carbonyl (C=O) groups is 2. The molecule has 0 saturated heterocycles. The number of aliphatic hydroxyl groups excluding tert-OH is 1. The zero-order chi connectivity index (χ0) is 35.6. The van der Waals surface area contributed by atoms with Gasteiger partial charge in [-0.3, -0.25) is 14.7 Å². The fourth-order valence-corrected chi connectivity index (χ4v) is 5.67. The highest BCUT2D eigenvalue weighted by atomic mass is 19.4. The Morgan fingerprint density at radius 2 is 1.73 bits per heavy atom. The van der Waals surface area contributed by atoms with E-state index in [1.807, 2.05) is 33.0 Å². The Labute approximate surface area is 285 Å². The number of fused-ring (bicyclic) bond motifs is 1. The summed E-state index contributed by atoms with van der Waals surface area (Å²) in [6.07, 6.45) is 1.03. The summed E-state index contributed by atoms with van der Waals surface area (Å²) >= 11 is 0. The molecule has 2 aromatic carbocycles. The number of aromatic nitrogens is 1. The van der Waals surface area contributed by atoms with Gasteiger partial charge in [0, 0.05) is 55.9 Å². The SMILES string of the molecule is C[C@@H]1CN([C@H](C)CO)C(=O)c2cc(NC(=O)Nc3ccc(C(F)(F)F)cc3)ccc2O[C@@H](C)CCCCO[C@@H]1CN(C)Cc1ccncc1. The molecule has 4 atom stereocenters. The van der Waals surface area contributed by atoms with Gasteiger partial charge in [-0.25, -0.2) is 4.79 Å². The highest BCUT2D eigenvalue weighted by molar-refractivity contribution is 6.02. The number of hydrogen-bond donors (Lipinski definition) is 3. The van der Waals surface area contributed by atoms with Crippen LogP contribution in [-0.4, -0.2) is 83.4 Å².